The Bertz CT molecular complexity index is 851. The van der Waals surface area contributed by atoms with Gasteiger partial charge < -0.3 is 20.5 Å². The first-order valence-corrected chi connectivity index (χ1v) is 10.6. The molecule has 1 atom stereocenters. The lowest BCUT2D eigenvalue weighted by molar-refractivity contribution is -0.128. The van der Waals surface area contributed by atoms with Crippen molar-refractivity contribution in [2.75, 3.05) is 16.8 Å². The lowest BCUT2D eigenvalue weighted by atomic mass is 10.1. The van der Waals surface area contributed by atoms with Gasteiger partial charge in [-0.3, -0.25) is 14.4 Å². The van der Waals surface area contributed by atoms with Crippen LogP contribution in [0.1, 0.15) is 24.2 Å². The van der Waals surface area contributed by atoms with Crippen molar-refractivity contribution in [3.63, 3.8) is 0 Å². The molecular formula is C20H24N4O4S. The number of thioether (sulfide) groups is 1. The van der Waals surface area contributed by atoms with Crippen LogP contribution in [0.15, 0.2) is 40.9 Å². The summed E-state index contributed by atoms with van der Waals surface area (Å²) in [7, 11) is 0. The van der Waals surface area contributed by atoms with Crippen LogP contribution in [0.25, 0.3) is 0 Å². The Morgan fingerprint density at radius 2 is 1.90 bits per heavy atom. The zero-order valence-corrected chi connectivity index (χ0v) is 17.0. The maximum absolute atomic E-state index is 12.5. The Kier molecular flexibility index (Phi) is 7.29. The van der Waals surface area contributed by atoms with Gasteiger partial charge in [0.25, 0.3) is 0 Å². The number of aryl methyl sites for hydroxylation is 1. The van der Waals surface area contributed by atoms with Crippen molar-refractivity contribution in [1.82, 2.24) is 15.8 Å². The maximum Gasteiger partial charge on any atom is 0.243 e. The molecule has 3 rings (SSSR count). The van der Waals surface area contributed by atoms with Crippen molar-refractivity contribution in [2.24, 2.45) is 0 Å². The van der Waals surface area contributed by atoms with Crippen molar-refractivity contribution in [2.45, 2.75) is 38.3 Å². The first-order chi connectivity index (χ1) is 14.0. The number of nitrogens with one attached hydrogen (secondary N) is 3. The molecule has 2 aromatic rings. The lowest BCUT2D eigenvalue weighted by Crippen LogP contribution is -2.49. The van der Waals surface area contributed by atoms with Crippen LogP contribution in [0.5, 0.6) is 0 Å². The van der Waals surface area contributed by atoms with Crippen LogP contribution in [0, 0.1) is 6.92 Å². The van der Waals surface area contributed by atoms with E-state index in [9.17, 15) is 14.4 Å². The minimum atomic E-state index is -0.641. The predicted molar refractivity (Wildman–Crippen MR) is 110 cm³/mol. The molecule has 3 N–H and O–H groups in total. The van der Waals surface area contributed by atoms with Gasteiger partial charge in [-0.2, -0.15) is 0 Å². The molecule has 1 aromatic carbocycles. The molecule has 0 bridgehead atoms. The number of anilines is 1. The Balaban J connectivity index is 1.45. The normalized spacial score (nSPS) is 14.1. The SMILES string of the molecule is Cc1cc(NC(=O)CSCC(=O)NC(Cc2ccccc2)C(=O)NC2CC2)no1. The maximum atomic E-state index is 12.5. The van der Waals surface area contributed by atoms with Gasteiger partial charge in [-0.1, -0.05) is 35.5 Å². The van der Waals surface area contributed by atoms with Crippen LogP contribution in [0.2, 0.25) is 0 Å². The third kappa shape index (κ3) is 7.26. The van der Waals surface area contributed by atoms with Crippen molar-refractivity contribution in [3.8, 4) is 0 Å². The van der Waals surface area contributed by atoms with E-state index < -0.39 is 6.04 Å². The fraction of sp³-hybridized carbons (Fsp3) is 0.400. The first kappa shape index (κ1) is 20.9. The molecule has 154 valence electrons. The van der Waals surface area contributed by atoms with E-state index in [1.807, 2.05) is 30.3 Å². The van der Waals surface area contributed by atoms with Crippen LogP contribution in [-0.4, -0.2) is 46.5 Å². The third-order valence-electron chi connectivity index (χ3n) is 4.22. The summed E-state index contributed by atoms with van der Waals surface area (Å²) in [6, 6.07) is 10.7. The topological polar surface area (TPSA) is 113 Å². The second kappa shape index (κ2) is 10.1. The average molecular weight is 417 g/mol. The van der Waals surface area contributed by atoms with Crippen molar-refractivity contribution in [1.29, 1.82) is 0 Å². The molecule has 1 aliphatic rings. The number of nitrogens with zero attached hydrogens (tertiary/aromatic N) is 1. The quantitative estimate of drug-likeness (QED) is 0.543. The zero-order chi connectivity index (χ0) is 20.6. The monoisotopic (exact) mass is 416 g/mol. The molecule has 1 fully saturated rings. The third-order valence-corrected chi connectivity index (χ3v) is 5.15. The second-order valence-electron chi connectivity index (χ2n) is 6.96. The number of rotatable bonds is 10. The van der Waals surface area contributed by atoms with Gasteiger partial charge in [0.1, 0.15) is 11.8 Å². The van der Waals surface area contributed by atoms with E-state index in [0.717, 1.165) is 18.4 Å². The summed E-state index contributed by atoms with van der Waals surface area (Å²) in [6.45, 7) is 1.73. The Hall–Kier alpha value is -2.81. The van der Waals surface area contributed by atoms with Gasteiger partial charge in [-0.15, -0.1) is 11.8 Å². The molecule has 0 radical (unpaired) electrons. The van der Waals surface area contributed by atoms with E-state index in [1.165, 1.54) is 11.8 Å². The molecule has 1 heterocycles. The molecule has 9 heteroatoms. The Morgan fingerprint density at radius 1 is 1.17 bits per heavy atom. The number of carbonyl (C=O) groups is 3. The van der Waals surface area contributed by atoms with E-state index in [-0.39, 0.29) is 35.3 Å². The summed E-state index contributed by atoms with van der Waals surface area (Å²) in [5, 5.41) is 12.0. The molecule has 0 saturated heterocycles. The standard InChI is InChI=1S/C20H24N4O4S/c1-13-9-17(24-28-13)23-19(26)12-29-11-18(25)22-16(20(27)21-15-7-8-15)10-14-5-3-2-4-6-14/h2-6,9,15-16H,7-8,10-12H2,1H3,(H,21,27)(H,22,25)(H,23,24,26). The van der Waals surface area contributed by atoms with Crippen molar-refractivity contribution >= 4 is 35.3 Å². The summed E-state index contributed by atoms with van der Waals surface area (Å²) >= 11 is 1.17. The molecule has 0 aliphatic heterocycles. The van der Waals surface area contributed by atoms with Gasteiger partial charge >= 0.3 is 0 Å². The van der Waals surface area contributed by atoms with Gasteiger partial charge in [-0.05, 0) is 25.3 Å². The van der Waals surface area contributed by atoms with Crippen molar-refractivity contribution in [3.05, 3.63) is 47.7 Å². The first-order valence-electron chi connectivity index (χ1n) is 9.44. The fourth-order valence-corrected chi connectivity index (χ4v) is 3.29. The van der Waals surface area contributed by atoms with Gasteiger partial charge in [0.15, 0.2) is 5.82 Å². The highest BCUT2D eigenvalue weighted by atomic mass is 32.2. The highest BCUT2D eigenvalue weighted by molar-refractivity contribution is 8.00. The Labute approximate surface area is 173 Å². The number of benzene rings is 1. The van der Waals surface area contributed by atoms with E-state index in [2.05, 4.69) is 21.1 Å². The molecular weight excluding hydrogens is 392 g/mol. The summed E-state index contributed by atoms with van der Waals surface area (Å²) in [6.07, 6.45) is 2.38. The average Bonchev–Trinajstić information content (AvgIpc) is 3.41. The van der Waals surface area contributed by atoms with Crippen LogP contribution in [0.4, 0.5) is 5.82 Å². The molecule has 8 nitrogen and oxygen atoms in total. The minimum Gasteiger partial charge on any atom is -0.360 e. The minimum absolute atomic E-state index is 0.0766. The fourth-order valence-electron chi connectivity index (χ4n) is 2.67. The van der Waals surface area contributed by atoms with E-state index in [4.69, 9.17) is 4.52 Å². The van der Waals surface area contributed by atoms with Crippen LogP contribution < -0.4 is 16.0 Å². The van der Waals surface area contributed by atoms with Crippen LogP contribution >= 0.6 is 11.8 Å². The highest BCUT2D eigenvalue weighted by Gasteiger charge is 2.28. The number of amides is 3. The second-order valence-corrected chi connectivity index (χ2v) is 7.94. The van der Waals surface area contributed by atoms with Crippen molar-refractivity contribution < 1.29 is 18.9 Å². The number of aromatic nitrogens is 1. The molecule has 1 unspecified atom stereocenters. The van der Waals surface area contributed by atoms with Crippen LogP contribution in [-0.2, 0) is 20.8 Å². The summed E-state index contributed by atoms with van der Waals surface area (Å²) in [4.78, 5) is 36.7. The van der Waals surface area contributed by atoms with E-state index >= 15 is 0 Å². The molecule has 3 amide bonds. The van der Waals surface area contributed by atoms with E-state index in [0.29, 0.717) is 18.0 Å². The largest absolute Gasteiger partial charge is 0.360 e. The number of hydrogen-bond donors (Lipinski definition) is 3. The lowest BCUT2D eigenvalue weighted by Gasteiger charge is -2.18. The predicted octanol–water partition coefficient (Wildman–Crippen LogP) is 1.66. The smallest absolute Gasteiger partial charge is 0.243 e. The zero-order valence-electron chi connectivity index (χ0n) is 16.1. The summed E-state index contributed by atoms with van der Waals surface area (Å²) in [5.74, 6) is 0.382. The molecule has 1 saturated carbocycles. The molecule has 1 aromatic heterocycles. The number of hydrogen-bond acceptors (Lipinski definition) is 6. The summed E-state index contributed by atoms with van der Waals surface area (Å²) < 4.78 is 4.88. The van der Waals surface area contributed by atoms with Gasteiger partial charge in [-0.25, -0.2) is 0 Å². The number of carbonyl (C=O) groups excluding carboxylic acids is 3. The van der Waals surface area contributed by atoms with Gasteiger partial charge in [0.05, 0.1) is 11.5 Å². The van der Waals surface area contributed by atoms with Crippen LogP contribution in [0.3, 0.4) is 0 Å². The summed E-state index contributed by atoms with van der Waals surface area (Å²) in [5.41, 5.74) is 0.971. The van der Waals surface area contributed by atoms with E-state index in [1.54, 1.807) is 13.0 Å². The highest BCUT2D eigenvalue weighted by Crippen LogP contribution is 2.19. The van der Waals surface area contributed by atoms with Gasteiger partial charge in [0.2, 0.25) is 17.7 Å². The Morgan fingerprint density at radius 3 is 2.55 bits per heavy atom. The molecule has 1 aliphatic carbocycles. The van der Waals surface area contributed by atoms with Gasteiger partial charge in [0, 0.05) is 18.5 Å². The molecule has 0 spiro atoms. The molecule has 29 heavy (non-hydrogen) atoms.